The van der Waals surface area contributed by atoms with Crippen molar-refractivity contribution in [2.75, 3.05) is 45.2 Å². The number of ether oxygens (including phenoxy) is 3. The van der Waals surface area contributed by atoms with Crippen molar-refractivity contribution in [2.24, 2.45) is 0 Å². The lowest BCUT2D eigenvalue weighted by atomic mass is 10.1. The molecule has 1 aromatic heterocycles. The van der Waals surface area contributed by atoms with Crippen LogP contribution in [0.15, 0.2) is 36.4 Å². The number of carbonyl (C=O) groups excluding carboxylic acids is 1. The molecule has 0 fully saturated rings. The summed E-state index contributed by atoms with van der Waals surface area (Å²) in [6, 6.07) is 7.99. The highest BCUT2D eigenvalue weighted by atomic mass is 19.4. The second kappa shape index (κ2) is 16.0. The topological polar surface area (TPSA) is 122 Å². The Morgan fingerprint density at radius 2 is 2.00 bits per heavy atom. The van der Waals surface area contributed by atoms with E-state index in [1.54, 1.807) is 7.11 Å². The van der Waals surface area contributed by atoms with Crippen LogP contribution in [0.1, 0.15) is 42.5 Å². The van der Waals surface area contributed by atoms with Gasteiger partial charge in [-0.3, -0.25) is 0 Å². The van der Waals surface area contributed by atoms with E-state index in [4.69, 9.17) is 14.5 Å². The van der Waals surface area contributed by atoms with E-state index in [0.717, 1.165) is 68.8 Å². The summed E-state index contributed by atoms with van der Waals surface area (Å²) in [7, 11) is 1.59. The number of alkyl halides is 3. The van der Waals surface area contributed by atoms with Gasteiger partial charge in [0.15, 0.2) is 0 Å². The molecule has 1 aromatic carbocycles. The van der Waals surface area contributed by atoms with E-state index in [1.165, 1.54) is 17.7 Å². The Morgan fingerprint density at radius 1 is 1.17 bits per heavy atom. The third kappa shape index (κ3) is 11.8. The third-order valence-corrected chi connectivity index (χ3v) is 6.55. The van der Waals surface area contributed by atoms with Crippen LogP contribution in [-0.2, 0) is 33.7 Å². The maximum absolute atomic E-state index is 12.4. The summed E-state index contributed by atoms with van der Waals surface area (Å²) >= 11 is 0. The van der Waals surface area contributed by atoms with E-state index in [2.05, 4.69) is 32.4 Å². The van der Waals surface area contributed by atoms with Crippen molar-refractivity contribution < 1.29 is 42.1 Å². The van der Waals surface area contributed by atoms with Gasteiger partial charge in [0.2, 0.25) is 0 Å². The number of benzene rings is 1. The van der Waals surface area contributed by atoms with Crippen molar-refractivity contribution in [1.29, 1.82) is 0 Å². The van der Waals surface area contributed by atoms with E-state index in [1.807, 2.05) is 0 Å². The smallest absolute Gasteiger partial charge is 0.480 e. The van der Waals surface area contributed by atoms with Crippen molar-refractivity contribution in [1.82, 2.24) is 15.2 Å². The van der Waals surface area contributed by atoms with E-state index < -0.39 is 30.2 Å². The molecule has 1 amide bonds. The number of anilines is 1. The number of rotatable bonds is 16. The van der Waals surface area contributed by atoms with Crippen LogP contribution < -0.4 is 15.4 Å². The first-order valence-corrected chi connectivity index (χ1v) is 13.6. The van der Waals surface area contributed by atoms with Crippen LogP contribution in [0, 0.1) is 0 Å². The lowest BCUT2D eigenvalue weighted by Crippen LogP contribution is -2.43. The lowest BCUT2D eigenvalue weighted by molar-refractivity contribution is -0.274. The van der Waals surface area contributed by atoms with Gasteiger partial charge in [-0.25, -0.2) is 14.6 Å². The number of hydrogen-bond acceptors (Lipinski definition) is 8. The Balaban J connectivity index is 1.43. The molecule has 1 aliphatic rings. The number of nitrogens with one attached hydrogen (secondary N) is 2. The molecule has 226 valence electrons. The molecule has 3 rings (SSSR count). The number of aryl methyl sites for hydroxylation is 2. The van der Waals surface area contributed by atoms with Crippen LogP contribution in [0.25, 0.3) is 0 Å². The van der Waals surface area contributed by atoms with E-state index >= 15 is 0 Å². The second-order valence-corrected chi connectivity index (χ2v) is 9.73. The van der Waals surface area contributed by atoms with Crippen molar-refractivity contribution in [3.63, 3.8) is 0 Å². The summed E-state index contributed by atoms with van der Waals surface area (Å²) in [5, 5.41) is 15.3. The normalized spacial score (nSPS) is 13.7. The summed E-state index contributed by atoms with van der Waals surface area (Å²) in [6.45, 7) is 2.78. The highest BCUT2D eigenvalue weighted by molar-refractivity contribution is 5.79. The van der Waals surface area contributed by atoms with E-state index in [9.17, 15) is 27.9 Å². The maximum Gasteiger partial charge on any atom is 0.573 e. The van der Waals surface area contributed by atoms with Crippen LogP contribution in [-0.4, -0.2) is 79.4 Å². The first kappa shape index (κ1) is 31.9. The van der Waals surface area contributed by atoms with Gasteiger partial charge < -0.3 is 34.9 Å². The Hall–Kier alpha value is -3.58. The second-order valence-electron chi connectivity index (χ2n) is 9.73. The number of pyridine rings is 1. The molecule has 0 saturated heterocycles. The monoisotopic (exact) mass is 582 g/mol. The molecule has 2 heterocycles. The molecule has 41 heavy (non-hydrogen) atoms. The quantitative estimate of drug-likeness (QED) is 0.248. The number of carboxylic acid groups (broad SMARTS) is 1. The number of hydrogen-bond donors (Lipinski definition) is 3. The predicted molar refractivity (Wildman–Crippen MR) is 145 cm³/mol. The number of amides is 1. The Bertz CT molecular complexity index is 1130. The average molecular weight is 583 g/mol. The van der Waals surface area contributed by atoms with Gasteiger partial charge in [0.1, 0.15) is 24.2 Å². The van der Waals surface area contributed by atoms with Crippen LogP contribution in [0.5, 0.6) is 5.75 Å². The molecule has 1 unspecified atom stereocenters. The van der Waals surface area contributed by atoms with E-state index in [0.29, 0.717) is 19.7 Å². The minimum Gasteiger partial charge on any atom is -0.480 e. The summed E-state index contributed by atoms with van der Waals surface area (Å²) in [5.74, 6) is -0.693. The lowest BCUT2D eigenvalue weighted by Gasteiger charge is -2.24. The molecule has 3 N–H and O–H groups in total. The van der Waals surface area contributed by atoms with Crippen LogP contribution >= 0.6 is 0 Å². The molecule has 0 saturated carbocycles. The van der Waals surface area contributed by atoms with Gasteiger partial charge in [0.25, 0.3) is 0 Å². The average Bonchev–Trinajstić information content (AvgIpc) is 2.93. The molecular weight excluding hydrogens is 545 g/mol. The van der Waals surface area contributed by atoms with Gasteiger partial charge in [0.05, 0.1) is 6.61 Å². The molecule has 0 aliphatic carbocycles. The number of methoxy groups -OCH3 is 1. The van der Waals surface area contributed by atoms with Crippen LogP contribution in [0.3, 0.4) is 0 Å². The number of carbonyl (C=O) groups is 2. The zero-order valence-corrected chi connectivity index (χ0v) is 23.0. The largest absolute Gasteiger partial charge is 0.573 e. The van der Waals surface area contributed by atoms with Crippen molar-refractivity contribution >= 4 is 17.9 Å². The van der Waals surface area contributed by atoms with Crippen molar-refractivity contribution in [2.45, 2.75) is 57.5 Å². The van der Waals surface area contributed by atoms with Gasteiger partial charge in [0, 0.05) is 32.4 Å². The van der Waals surface area contributed by atoms with Crippen molar-refractivity contribution in [3.8, 4) is 5.75 Å². The standard InChI is InChI=1S/C28H37F3N4O6/c1-39-17-16-35(14-3-2-8-22-11-10-21-7-5-13-32-25(21)33-22)15-12-24(26(36)37)34-27(38)40-19-20-6-4-9-23(18-20)41-28(29,30)31/h4,6,9-11,18,24H,2-3,5,7-8,12-17,19H2,1H3,(H,32,33)(H,34,38)(H,36,37). The fraction of sp³-hybridized carbons (Fsp3) is 0.536. The molecule has 10 nitrogen and oxygen atoms in total. The molecule has 0 bridgehead atoms. The minimum atomic E-state index is -4.85. The zero-order valence-electron chi connectivity index (χ0n) is 23.0. The molecule has 0 radical (unpaired) electrons. The Morgan fingerprint density at radius 3 is 2.76 bits per heavy atom. The number of fused-ring (bicyclic) bond motifs is 1. The SMILES string of the molecule is COCCN(CCCCc1ccc2c(n1)NCCC2)CCC(NC(=O)OCc1cccc(OC(F)(F)F)c1)C(=O)O. The zero-order chi connectivity index (χ0) is 29.7. The molecule has 2 aromatic rings. The highest BCUT2D eigenvalue weighted by Crippen LogP contribution is 2.24. The summed E-state index contributed by atoms with van der Waals surface area (Å²) < 4.78 is 51.3. The number of unbranched alkanes of at least 4 members (excludes halogenated alkanes) is 1. The number of aliphatic carboxylic acids is 1. The minimum absolute atomic E-state index is 0.126. The first-order chi connectivity index (χ1) is 19.6. The number of alkyl carbamates (subject to hydrolysis) is 1. The summed E-state index contributed by atoms with van der Waals surface area (Å²) in [6.07, 6.45) is -0.928. The fourth-order valence-corrected chi connectivity index (χ4v) is 4.44. The van der Waals surface area contributed by atoms with Gasteiger partial charge in [-0.05, 0) is 74.4 Å². The molecule has 13 heteroatoms. The highest BCUT2D eigenvalue weighted by Gasteiger charge is 2.31. The summed E-state index contributed by atoms with van der Waals surface area (Å²) in [4.78, 5) is 30.8. The molecule has 0 spiro atoms. The molecular formula is C28H37F3N4O6. The third-order valence-electron chi connectivity index (χ3n) is 6.55. The van der Waals surface area contributed by atoms with Gasteiger partial charge in [-0.2, -0.15) is 0 Å². The molecule has 1 atom stereocenters. The number of nitrogens with zero attached hydrogens (tertiary/aromatic N) is 2. The van der Waals surface area contributed by atoms with Crippen LogP contribution in [0.2, 0.25) is 0 Å². The Kier molecular flexibility index (Phi) is 12.5. The number of aromatic nitrogens is 1. The molecule has 1 aliphatic heterocycles. The number of halogens is 3. The van der Waals surface area contributed by atoms with Crippen molar-refractivity contribution in [3.05, 3.63) is 53.2 Å². The summed E-state index contributed by atoms with van der Waals surface area (Å²) in [5.41, 5.74) is 2.54. The predicted octanol–water partition coefficient (Wildman–Crippen LogP) is 4.38. The van der Waals surface area contributed by atoms with Gasteiger partial charge >= 0.3 is 18.4 Å². The van der Waals surface area contributed by atoms with Gasteiger partial charge in [-0.15, -0.1) is 13.2 Å². The first-order valence-electron chi connectivity index (χ1n) is 13.6. The fourth-order valence-electron chi connectivity index (χ4n) is 4.44. The van der Waals surface area contributed by atoms with E-state index in [-0.39, 0.29) is 18.6 Å². The maximum atomic E-state index is 12.4. The van der Waals surface area contributed by atoms with Gasteiger partial charge in [-0.1, -0.05) is 18.2 Å². The Labute approximate surface area is 237 Å². The van der Waals surface area contributed by atoms with Crippen LogP contribution in [0.4, 0.5) is 23.8 Å². The number of carboxylic acids is 1.